The minimum Gasteiger partial charge on any atom is -0.478 e. The normalized spacial score (nSPS) is 12.8. The van der Waals surface area contributed by atoms with E-state index < -0.39 is 27.0 Å². The van der Waals surface area contributed by atoms with E-state index in [0.717, 1.165) is 6.26 Å². The number of carbonyl (C=O) groups is 2. The number of hydrogen-bond donors (Lipinski definition) is 2. The van der Waals surface area contributed by atoms with Gasteiger partial charge in [0.25, 0.3) is 0 Å². The van der Waals surface area contributed by atoms with E-state index in [1.165, 1.54) is 25.1 Å². The topological polar surface area (TPSA) is 101 Å². The quantitative estimate of drug-likeness (QED) is 0.858. The second-order valence-corrected chi connectivity index (χ2v) is 7.24. The summed E-state index contributed by atoms with van der Waals surface area (Å²) >= 11 is 3.15. The monoisotopic (exact) mass is 349 g/mol. The third-order valence-electron chi connectivity index (χ3n) is 2.48. The minimum absolute atomic E-state index is 0.0439. The van der Waals surface area contributed by atoms with Gasteiger partial charge < -0.3 is 10.4 Å². The molecule has 0 saturated heterocycles. The smallest absolute Gasteiger partial charge is 0.337 e. The number of aromatic carboxylic acids is 1. The molecule has 6 nitrogen and oxygen atoms in total. The van der Waals surface area contributed by atoms with Crippen molar-refractivity contribution < 1.29 is 23.1 Å². The zero-order valence-corrected chi connectivity index (χ0v) is 12.6. The molecule has 1 aromatic rings. The zero-order chi connectivity index (χ0) is 14.8. The Balaban J connectivity index is 3.09. The van der Waals surface area contributed by atoms with Crippen LogP contribution < -0.4 is 5.32 Å². The number of carboxylic acid groups (broad SMARTS) is 1. The van der Waals surface area contributed by atoms with Crippen LogP contribution in [0.15, 0.2) is 22.7 Å². The van der Waals surface area contributed by atoms with E-state index >= 15 is 0 Å². The molecule has 1 rings (SSSR count). The molecular formula is C11H12BrNO5S. The van der Waals surface area contributed by atoms with Crippen LogP contribution in [0.25, 0.3) is 0 Å². The molecule has 1 amide bonds. The molecule has 0 spiro atoms. The van der Waals surface area contributed by atoms with Gasteiger partial charge in [-0.25, -0.2) is 13.2 Å². The van der Waals surface area contributed by atoms with E-state index in [1.807, 2.05) is 0 Å². The lowest BCUT2D eigenvalue weighted by atomic mass is 10.2. The molecule has 1 aromatic carbocycles. The summed E-state index contributed by atoms with van der Waals surface area (Å²) < 4.78 is 23.1. The van der Waals surface area contributed by atoms with Crippen LogP contribution in [0.5, 0.6) is 0 Å². The van der Waals surface area contributed by atoms with Gasteiger partial charge in [0.1, 0.15) is 5.25 Å². The predicted molar refractivity (Wildman–Crippen MR) is 74.0 cm³/mol. The Morgan fingerprint density at radius 2 is 1.95 bits per heavy atom. The Kier molecular flexibility index (Phi) is 4.70. The second kappa shape index (κ2) is 5.70. The molecule has 0 aliphatic heterocycles. The van der Waals surface area contributed by atoms with Crippen LogP contribution in [-0.2, 0) is 14.6 Å². The van der Waals surface area contributed by atoms with Crippen molar-refractivity contribution in [1.82, 2.24) is 0 Å². The van der Waals surface area contributed by atoms with Gasteiger partial charge in [-0.1, -0.05) is 15.9 Å². The maximum atomic E-state index is 11.7. The molecule has 0 saturated carbocycles. The fourth-order valence-corrected chi connectivity index (χ4v) is 2.04. The first-order chi connectivity index (χ1) is 8.62. The van der Waals surface area contributed by atoms with Gasteiger partial charge in [0, 0.05) is 10.7 Å². The number of halogens is 1. The molecular weight excluding hydrogens is 338 g/mol. The number of amides is 1. The van der Waals surface area contributed by atoms with Gasteiger partial charge in [-0.05, 0) is 25.1 Å². The summed E-state index contributed by atoms with van der Waals surface area (Å²) in [5, 5.41) is 10.0. The number of hydrogen-bond acceptors (Lipinski definition) is 4. The third kappa shape index (κ3) is 4.03. The summed E-state index contributed by atoms with van der Waals surface area (Å²) in [7, 11) is -3.54. The zero-order valence-electron chi connectivity index (χ0n) is 10.2. The number of anilines is 1. The lowest BCUT2D eigenvalue weighted by molar-refractivity contribution is -0.115. The van der Waals surface area contributed by atoms with Crippen molar-refractivity contribution in [2.45, 2.75) is 12.2 Å². The average molecular weight is 350 g/mol. The van der Waals surface area contributed by atoms with Crippen molar-refractivity contribution in [2.75, 3.05) is 11.6 Å². The molecule has 19 heavy (non-hydrogen) atoms. The molecule has 0 bridgehead atoms. The summed E-state index contributed by atoms with van der Waals surface area (Å²) in [6.45, 7) is 1.24. The van der Waals surface area contributed by atoms with E-state index in [2.05, 4.69) is 21.2 Å². The molecule has 0 aliphatic rings. The summed E-state index contributed by atoms with van der Waals surface area (Å²) in [6, 6.07) is 4.22. The number of sulfone groups is 1. The lowest BCUT2D eigenvalue weighted by Gasteiger charge is -2.12. The van der Waals surface area contributed by atoms with Crippen LogP contribution in [0.1, 0.15) is 17.3 Å². The van der Waals surface area contributed by atoms with Crippen LogP contribution >= 0.6 is 15.9 Å². The van der Waals surface area contributed by atoms with Crippen LogP contribution in [0.4, 0.5) is 5.69 Å². The Labute approximate surface area is 118 Å². The van der Waals surface area contributed by atoms with Crippen LogP contribution in [-0.4, -0.2) is 36.9 Å². The molecule has 0 aromatic heterocycles. The molecule has 0 radical (unpaired) electrons. The number of carboxylic acids is 1. The maximum Gasteiger partial charge on any atom is 0.337 e. The van der Waals surface area contributed by atoms with Crippen molar-refractivity contribution in [3.05, 3.63) is 28.2 Å². The highest BCUT2D eigenvalue weighted by Gasteiger charge is 2.24. The van der Waals surface area contributed by atoms with Crippen molar-refractivity contribution in [2.24, 2.45) is 0 Å². The van der Waals surface area contributed by atoms with E-state index in [-0.39, 0.29) is 11.3 Å². The van der Waals surface area contributed by atoms with Gasteiger partial charge in [0.15, 0.2) is 9.84 Å². The summed E-state index contributed by atoms with van der Waals surface area (Å²) in [5.74, 6) is -1.99. The van der Waals surface area contributed by atoms with E-state index in [4.69, 9.17) is 5.11 Å². The van der Waals surface area contributed by atoms with Gasteiger partial charge in [-0.15, -0.1) is 0 Å². The molecule has 0 fully saturated rings. The van der Waals surface area contributed by atoms with Crippen LogP contribution in [0.3, 0.4) is 0 Å². The first-order valence-electron chi connectivity index (χ1n) is 5.15. The Hall–Kier alpha value is -1.41. The van der Waals surface area contributed by atoms with Crippen LogP contribution in [0.2, 0.25) is 0 Å². The number of carbonyl (C=O) groups excluding carboxylic acids is 1. The van der Waals surface area contributed by atoms with Gasteiger partial charge in [-0.2, -0.15) is 0 Å². The summed E-state index contributed by atoms with van der Waals surface area (Å²) in [5.41, 5.74) is -0.0698. The van der Waals surface area contributed by atoms with Gasteiger partial charge in [-0.3, -0.25) is 4.79 Å². The summed E-state index contributed by atoms with van der Waals surface area (Å²) in [4.78, 5) is 22.7. The highest BCUT2D eigenvalue weighted by molar-refractivity contribution is 9.10. The first kappa shape index (κ1) is 15.6. The van der Waals surface area contributed by atoms with Gasteiger partial charge in [0.05, 0.1) is 11.3 Å². The highest BCUT2D eigenvalue weighted by Crippen LogP contribution is 2.22. The van der Waals surface area contributed by atoms with Crippen molar-refractivity contribution in [3.8, 4) is 0 Å². The van der Waals surface area contributed by atoms with Gasteiger partial charge >= 0.3 is 5.97 Å². The molecule has 1 atom stereocenters. The molecule has 1 unspecified atom stereocenters. The Morgan fingerprint density at radius 1 is 1.37 bits per heavy atom. The molecule has 104 valence electrons. The molecule has 0 heterocycles. The fourth-order valence-electron chi connectivity index (χ4n) is 1.24. The highest BCUT2D eigenvalue weighted by atomic mass is 79.9. The minimum atomic E-state index is -3.54. The van der Waals surface area contributed by atoms with Crippen molar-refractivity contribution in [3.63, 3.8) is 0 Å². The fraction of sp³-hybridized carbons (Fsp3) is 0.273. The molecule has 8 heteroatoms. The second-order valence-electron chi connectivity index (χ2n) is 3.96. The van der Waals surface area contributed by atoms with E-state index in [0.29, 0.717) is 4.47 Å². The van der Waals surface area contributed by atoms with E-state index in [9.17, 15) is 18.0 Å². The standard InChI is InChI=1S/C11H12BrNO5S/c1-6(19(2,17)18)10(14)13-9-5-7(12)3-4-8(9)11(15)16/h3-6H,1-2H3,(H,13,14)(H,15,16). The van der Waals surface area contributed by atoms with Crippen molar-refractivity contribution in [1.29, 1.82) is 0 Å². The third-order valence-corrected chi connectivity index (χ3v) is 4.47. The van der Waals surface area contributed by atoms with Gasteiger partial charge in [0.2, 0.25) is 5.91 Å². The molecule has 0 aliphatic carbocycles. The first-order valence-corrected chi connectivity index (χ1v) is 7.90. The average Bonchev–Trinajstić information content (AvgIpc) is 2.26. The number of benzene rings is 1. The maximum absolute atomic E-state index is 11.7. The Bertz CT molecular complexity index is 626. The SMILES string of the molecule is CC(C(=O)Nc1cc(Br)ccc1C(=O)O)S(C)(=O)=O. The lowest BCUT2D eigenvalue weighted by Crippen LogP contribution is -2.32. The van der Waals surface area contributed by atoms with Crippen molar-refractivity contribution >= 4 is 43.3 Å². The predicted octanol–water partition coefficient (Wildman–Crippen LogP) is 1.52. The molecule has 2 N–H and O–H groups in total. The Morgan fingerprint density at radius 3 is 2.42 bits per heavy atom. The largest absolute Gasteiger partial charge is 0.478 e. The number of nitrogens with one attached hydrogen (secondary N) is 1. The van der Waals surface area contributed by atoms with Crippen LogP contribution in [0, 0.1) is 0 Å². The number of rotatable bonds is 4. The van der Waals surface area contributed by atoms with E-state index in [1.54, 1.807) is 0 Å². The summed E-state index contributed by atoms with van der Waals surface area (Å²) in [6.07, 6.45) is 0.941.